The Balaban J connectivity index is 3.65. The maximum Gasteiger partial charge on any atom is 0.113 e. The topological polar surface area (TPSA) is 18.5 Å². The van der Waals surface area contributed by atoms with Gasteiger partial charge in [0.2, 0.25) is 0 Å². The molecule has 0 amide bonds. The van der Waals surface area contributed by atoms with Crippen LogP contribution in [-0.4, -0.2) is 47.6 Å². The summed E-state index contributed by atoms with van der Waals surface area (Å²) < 4.78 is 10.2. The van der Waals surface area contributed by atoms with Crippen LogP contribution in [0, 0.1) is 0 Å². The van der Waals surface area contributed by atoms with Gasteiger partial charge in [-0.15, -0.1) is 23.5 Å². The van der Waals surface area contributed by atoms with E-state index in [2.05, 4.69) is 25.3 Å². The summed E-state index contributed by atoms with van der Waals surface area (Å²) in [5, 5.41) is 0. The van der Waals surface area contributed by atoms with Gasteiger partial charge in [-0.2, -0.15) is 25.3 Å². The average Bonchev–Trinajstić information content (AvgIpc) is 2.25. The van der Waals surface area contributed by atoms with Crippen LogP contribution in [0.1, 0.15) is 6.92 Å². The number of thiol groups is 2. The minimum Gasteiger partial charge on any atom is -0.384 e. The van der Waals surface area contributed by atoms with Crippen molar-refractivity contribution >= 4 is 48.8 Å². The van der Waals surface area contributed by atoms with Gasteiger partial charge in [-0.25, -0.2) is 0 Å². The second kappa shape index (κ2) is 10.5. The summed E-state index contributed by atoms with van der Waals surface area (Å²) in [7, 11) is 1.71. The number of hydrogen-bond donors (Lipinski definition) is 2. The Morgan fingerprint density at radius 2 is 1.80 bits per heavy atom. The fourth-order valence-electron chi connectivity index (χ4n) is 0.822. The van der Waals surface area contributed by atoms with E-state index in [4.69, 9.17) is 9.47 Å². The smallest absolute Gasteiger partial charge is 0.113 e. The van der Waals surface area contributed by atoms with Crippen molar-refractivity contribution in [3.63, 3.8) is 0 Å². The van der Waals surface area contributed by atoms with Gasteiger partial charge in [-0.05, 0) is 6.92 Å². The molecule has 0 radical (unpaired) electrons. The molecule has 0 saturated heterocycles. The normalized spacial score (nSPS) is 15.2. The quantitative estimate of drug-likeness (QED) is 0.365. The number of hydrogen-bond acceptors (Lipinski definition) is 6. The minimum absolute atomic E-state index is 0.126. The molecule has 0 spiro atoms. The van der Waals surface area contributed by atoms with E-state index in [-0.39, 0.29) is 3.41 Å². The van der Waals surface area contributed by atoms with Crippen molar-refractivity contribution in [2.75, 3.05) is 44.2 Å². The zero-order valence-corrected chi connectivity index (χ0v) is 12.7. The van der Waals surface area contributed by atoms with Crippen molar-refractivity contribution < 1.29 is 9.47 Å². The Kier molecular flexibility index (Phi) is 11.4. The first-order valence-electron chi connectivity index (χ1n) is 4.86. The standard InChI is InChI=1S/C9H20O2S4/c1-3-11-5-7-15-9(13,8-12)14-6-4-10-2/h12-13H,3-8H2,1-2H3. The third kappa shape index (κ3) is 9.06. The van der Waals surface area contributed by atoms with Crippen LogP contribution in [0.5, 0.6) is 0 Å². The number of rotatable bonds is 10. The molecule has 0 aromatic rings. The summed E-state index contributed by atoms with van der Waals surface area (Å²) in [5.74, 6) is 2.64. The van der Waals surface area contributed by atoms with Gasteiger partial charge >= 0.3 is 0 Å². The molecule has 0 aliphatic carbocycles. The van der Waals surface area contributed by atoms with Crippen molar-refractivity contribution in [2.24, 2.45) is 0 Å². The summed E-state index contributed by atoms with van der Waals surface area (Å²) in [6, 6.07) is 0. The number of thioether (sulfide) groups is 2. The van der Waals surface area contributed by atoms with Crippen molar-refractivity contribution in [3.05, 3.63) is 0 Å². The largest absolute Gasteiger partial charge is 0.384 e. The number of ether oxygens (including phenoxy) is 2. The van der Waals surface area contributed by atoms with Crippen LogP contribution in [0.15, 0.2) is 0 Å². The zero-order chi connectivity index (χ0) is 11.6. The van der Waals surface area contributed by atoms with E-state index in [9.17, 15) is 0 Å². The van der Waals surface area contributed by atoms with Crippen LogP contribution >= 0.6 is 48.8 Å². The van der Waals surface area contributed by atoms with E-state index in [0.717, 1.165) is 37.1 Å². The summed E-state index contributed by atoms with van der Waals surface area (Å²) in [6.45, 7) is 4.32. The molecule has 0 heterocycles. The van der Waals surface area contributed by atoms with Gasteiger partial charge < -0.3 is 9.47 Å². The first-order chi connectivity index (χ1) is 7.18. The molecule has 92 valence electrons. The Bertz CT molecular complexity index is 148. The second-order valence-electron chi connectivity index (χ2n) is 2.76. The third-order valence-corrected chi connectivity index (χ3v) is 6.30. The molecule has 2 nitrogen and oxygen atoms in total. The van der Waals surface area contributed by atoms with Crippen molar-refractivity contribution in [3.8, 4) is 0 Å². The highest BCUT2D eigenvalue weighted by Gasteiger charge is 2.24. The van der Waals surface area contributed by atoms with Crippen LogP contribution in [0.4, 0.5) is 0 Å². The molecule has 0 bridgehead atoms. The molecule has 0 fully saturated rings. The lowest BCUT2D eigenvalue weighted by Gasteiger charge is -2.25. The second-order valence-corrected chi connectivity index (χ2v) is 7.49. The molecular weight excluding hydrogens is 268 g/mol. The Morgan fingerprint density at radius 3 is 2.27 bits per heavy atom. The number of methoxy groups -OCH3 is 1. The average molecular weight is 289 g/mol. The summed E-state index contributed by atoms with van der Waals surface area (Å²) in [6.07, 6.45) is 0. The highest BCUT2D eigenvalue weighted by atomic mass is 32.3. The van der Waals surface area contributed by atoms with E-state index < -0.39 is 0 Å². The van der Waals surface area contributed by atoms with Crippen LogP contribution in [0.3, 0.4) is 0 Å². The van der Waals surface area contributed by atoms with Gasteiger partial charge in [0.25, 0.3) is 0 Å². The van der Waals surface area contributed by atoms with Crippen LogP contribution < -0.4 is 0 Å². The van der Waals surface area contributed by atoms with E-state index in [0.29, 0.717) is 0 Å². The molecule has 6 heteroatoms. The molecule has 0 aliphatic rings. The molecule has 1 unspecified atom stereocenters. The molecular formula is C9H20O2S4. The van der Waals surface area contributed by atoms with Gasteiger partial charge in [-0.3, -0.25) is 0 Å². The molecule has 1 atom stereocenters. The molecule has 15 heavy (non-hydrogen) atoms. The lowest BCUT2D eigenvalue weighted by molar-refractivity contribution is 0.164. The fourth-order valence-corrected chi connectivity index (χ4v) is 4.02. The SMILES string of the molecule is CCOCCSC(S)(CS)SCCOC. The van der Waals surface area contributed by atoms with Crippen LogP contribution in [-0.2, 0) is 9.47 Å². The summed E-state index contributed by atoms with van der Waals surface area (Å²) in [5.41, 5.74) is 0. The Labute approximate surface area is 112 Å². The summed E-state index contributed by atoms with van der Waals surface area (Å²) in [4.78, 5) is 0. The molecule has 0 saturated carbocycles. The minimum atomic E-state index is -0.126. The predicted octanol–water partition coefficient (Wildman–Crippen LogP) is 2.65. The lowest BCUT2D eigenvalue weighted by atomic mass is 10.8. The lowest BCUT2D eigenvalue weighted by Crippen LogP contribution is -2.18. The molecule has 0 aromatic heterocycles. The first kappa shape index (κ1) is 16.3. The van der Waals surface area contributed by atoms with Gasteiger partial charge in [0, 0.05) is 31.0 Å². The van der Waals surface area contributed by atoms with Crippen molar-refractivity contribution in [1.82, 2.24) is 0 Å². The van der Waals surface area contributed by atoms with Crippen molar-refractivity contribution in [2.45, 2.75) is 10.3 Å². The highest BCUT2D eigenvalue weighted by molar-refractivity contribution is 8.30. The first-order valence-corrected chi connectivity index (χ1v) is 7.91. The van der Waals surface area contributed by atoms with Crippen LogP contribution in [0.25, 0.3) is 0 Å². The molecule has 0 N–H and O–H groups in total. The fraction of sp³-hybridized carbons (Fsp3) is 1.00. The van der Waals surface area contributed by atoms with Gasteiger partial charge in [-0.1, -0.05) is 0 Å². The molecule has 0 aliphatic heterocycles. The Hall–Kier alpha value is 1.32. The van der Waals surface area contributed by atoms with E-state index in [1.807, 2.05) is 6.92 Å². The van der Waals surface area contributed by atoms with E-state index in [1.165, 1.54) is 0 Å². The maximum atomic E-state index is 5.29. The molecule has 0 rings (SSSR count). The monoisotopic (exact) mass is 288 g/mol. The van der Waals surface area contributed by atoms with E-state index in [1.54, 1.807) is 30.6 Å². The zero-order valence-electron chi connectivity index (χ0n) is 9.27. The summed E-state index contributed by atoms with van der Waals surface area (Å²) >= 11 is 12.5. The van der Waals surface area contributed by atoms with E-state index >= 15 is 0 Å². The predicted molar refractivity (Wildman–Crippen MR) is 78.9 cm³/mol. The Morgan fingerprint density at radius 1 is 1.20 bits per heavy atom. The van der Waals surface area contributed by atoms with Gasteiger partial charge in [0.1, 0.15) is 3.41 Å². The highest BCUT2D eigenvalue weighted by Crippen LogP contribution is 2.41. The van der Waals surface area contributed by atoms with Gasteiger partial charge in [0.05, 0.1) is 13.2 Å². The van der Waals surface area contributed by atoms with Crippen LogP contribution in [0.2, 0.25) is 0 Å². The maximum absolute atomic E-state index is 5.29. The van der Waals surface area contributed by atoms with Gasteiger partial charge in [0.15, 0.2) is 0 Å². The third-order valence-electron chi connectivity index (χ3n) is 1.57. The molecule has 0 aromatic carbocycles. The van der Waals surface area contributed by atoms with Crippen molar-refractivity contribution in [1.29, 1.82) is 0 Å².